The van der Waals surface area contributed by atoms with E-state index in [1.165, 1.54) is 6.42 Å². The average molecular weight is 328 g/mol. The van der Waals surface area contributed by atoms with E-state index in [2.05, 4.69) is 20.1 Å². The maximum atomic E-state index is 12.5. The summed E-state index contributed by atoms with van der Waals surface area (Å²) in [7, 11) is 1.64. The number of rotatable bonds is 4. The molecule has 0 saturated carbocycles. The van der Waals surface area contributed by atoms with E-state index >= 15 is 0 Å². The zero-order valence-corrected chi connectivity index (χ0v) is 14.6. The van der Waals surface area contributed by atoms with E-state index in [1.807, 2.05) is 26.0 Å². The number of amides is 1. The third kappa shape index (κ3) is 3.27. The maximum Gasteiger partial charge on any atom is 0.251 e. The number of fused-ring (bicyclic) bond motifs is 1. The lowest BCUT2D eigenvalue weighted by Gasteiger charge is -2.12. The molecule has 1 aliphatic heterocycles. The van der Waals surface area contributed by atoms with Crippen LogP contribution in [0.25, 0.3) is 0 Å². The van der Waals surface area contributed by atoms with Crippen LogP contribution < -0.4 is 10.1 Å². The fourth-order valence-corrected chi connectivity index (χ4v) is 3.34. The van der Waals surface area contributed by atoms with Crippen molar-refractivity contribution in [2.75, 3.05) is 7.11 Å². The van der Waals surface area contributed by atoms with Crippen molar-refractivity contribution < 1.29 is 9.53 Å². The lowest BCUT2D eigenvalue weighted by atomic mass is 10.1. The molecular formula is C18H24N4O2. The topological polar surface area (TPSA) is 69.0 Å². The van der Waals surface area contributed by atoms with Gasteiger partial charge in [0.1, 0.15) is 11.6 Å². The highest BCUT2D eigenvalue weighted by atomic mass is 16.5. The third-order valence-electron chi connectivity index (χ3n) is 4.52. The fourth-order valence-electron chi connectivity index (χ4n) is 3.34. The molecule has 0 bridgehead atoms. The molecule has 0 fully saturated rings. The van der Waals surface area contributed by atoms with Crippen molar-refractivity contribution in [2.24, 2.45) is 0 Å². The summed E-state index contributed by atoms with van der Waals surface area (Å²) in [5.74, 6) is 2.60. The summed E-state index contributed by atoms with van der Waals surface area (Å²) < 4.78 is 7.50. The monoisotopic (exact) mass is 328 g/mol. The second-order valence-corrected chi connectivity index (χ2v) is 6.32. The Bertz CT molecular complexity index is 728. The summed E-state index contributed by atoms with van der Waals surface area (Å²) in [6.07, 6.45) is 4.50. The van der Waals surface area contributed by atoms with E-state index in [0.717, 1.165) is 54.3 Å². The van der Waals surface area contributed by atoms with Crippen LogP contribution in [-0.2, 0) is 19.5 Å². The van der Waals surface area contributed by atoms with Gasteiger partial charge in [-0.25, -0.2) is 0 Å². The quantitative estimate of drug-likeness (QED) is 0.936. The van der Waals surface area contributed by atoms with Crippen LogP contribution in [0.5, 0.6) is 5.75 Å². The number of ether oxygens (including phenoxy) is 1. The number of benzene rings is 1. The minimum atomic E-state index is -0.102. The summed E-state index contributed by atoms with van der Waals surface area (Å²) in [5.41, 5.74) is 2.55. The number of carbonyl (C=O) groups is 1. The Balaban J connectivity index is 1.71. The molecule has 0 atom stereocenters. The van der Waals surface area contributed by atoms with Gasteiger partial charge in [-0.2, -0.15) is 0 Å². The molecule has 0 saturated heterocycles. The largest absolute Gasteiger partial charge is 0.496 e. The van der Waals surface area contributed by atoms with Crippen LogP contribution in [0.1, 0.15) is 52.4 Å². The molecule has 1 aromatic heterocycles. The first kappa shape index (κ1) is 16.5. The highest BCUT2D eigenvalue weighted by Gasteiger charge is 2.16. The molecule has 3 rings (SSSR count). The van der Waals surface area contributed by atoms with Crippen LogP contribution in [-0.4, -0.2) is 27.8 Å². The molecule has 6 nitrogen and oxygen atoms in total. The van der Waals surface area contributed by atoms with E-state index in [9.17, 15) is 4.79 Å². The number of hydrogen-bond acceptors (Lipinski definition) is 4. The predicted molar refractivity (Wildman–Crippen MR) is 91.2 cm³/mol. The SMILES string of the molecule is COc1c(C)cc(C(=O)NCc2nnc3n2CCCCC3)cc1C. The van der Waals surface area contributed by atoms with Crippen molar-refractivity contribution in [2.45, 2.75) is 52.6 Å². The standard InChI is InChI=1S/C18H24N4O2/c1-12-9-14(10-13(2)17(12)24-3)18(23)19-11-16-21-20-15-7-5-4-6-8-22(15)16/h9-10H,4-8,11H2,1-3H3,(H,19,23). The highest BCUT2D eigenvalue weighted by Crippen LogP contribution is 2.24. The number of aromatic nitrogens is 3. The molecule has 2 aromatic rings. The predicted octanol–water partition coefficient (Wildman–Crippen LogP) is 2.56. The summed E-state index contributed by atoms with van der Waals surface area (Å²) in [6.45, 7) is 5.23. The lowest BCUT2D eigenvalue weighted by molar-refractivity contribution is 0.0949. The smallest absolute Gasteiger partial charge is 0.251 e. The van der Waals surface area contributed by atoms with Crippen LogP contribution in [0.15, 0.2) is 12.1 Å². The zero-order valence-electron chi connectivity index (χ0n) is 14.6. The Labute approximate surface area is 142 Å². The second kappa shape index (κ2) is 7.03. The van der Waals surface area contributed by atoms with Crippen molar-refractivity contribution in [3.8, 4) is 5.75 Å². The molecule has 0 radical (unpaired) electrons. The van der Waals surface area contributed by atoms with Gasteiger partial charge < -0.3 is 14.6 Å². The van der Waals surface area contributed by atoms with Crippen LogP contribution >= 0.6 is 0 Å². The summed E-state index contributed by atoms with van der Waals surface area (Å²) >= 11 is 0. The van der Waals surface area contributed by atoms with Gasteiger partial charge in [0.15, 0.2) is 5.82 Å². The van der Waals surface area contributed by atoms with Crippen molar-refractivity contribution >= 4 is 5.91 Å². The molecule has 128 valence electrons. The van der Waals surface area contributed by atoms with Gasteiger partial charge in [0.05, 0.1) is 13.7 Å². The molecule has 1 N–H and O–H groups in total. The van der Waals surface area contributed by atoms with E-state index in [4.69, 9.17) is 4.74 Å². The number of nitrogens with zero attached hydrogens (tertiary/aromatic N) is 3. The van der Waals surface area contributed by atoms with Gasteiger partial charge in [0, 0.05) is 18.5 Å². The van der Waals surface area contributed by atoms with Gasteiger partial charge in [-0.1, -0.05) is 6.42 Å². The van der Waals surface area contributed by atoms with Gasteiger partial charge in [-0.3, -0.25) is 4.79 Å². The van der Waals surface area contributed by atoms with E-state index in [-0.39, 0.29) is 5.91 Å². The Morgan fingerprint density at radius 1 is 1.21 bits per heavy atom. The fraction of sp³-hybridized carbons (Fsp3) is 0.500. The molecule has 1 aliphatic rings. The Kier molecular flexibility index (Phi) is 4.83. The average Bonchev–Trinajstić information content (AvgIpc) is 2.78. The van der Waals surface area contributed by atoms with Gasteiger partial charge in [-0.05, 0) is 49.9 Å². The molecule has 0 unspecified atom stereocenters. The van der Waals surface area contributed by atoms with E-state index in [0.29, 0.717) is 12.1 Å². The van der Waals surface area contributed by atoms with Crippen molar-refractivity contribution in [1.29, 1.82) is 0 Å². The van der Waals surface area contributed by atoms with Crippen LogP contribution in [0.2, 0.25) is 0 Å². The van der Waals surface area contributed by atoms with Gasteiger partial charge in [0.25, 0.3) is 5.91 Å². The number of carbonyl (C=O) groups excluding carboxylic acids is 1. The molecule has 24 heavy (non-hydrogen) atoms. The van der Waals surface area contributed by atoms with Crippen LogP contribution in [0.3, 0.4) is 0 Å². The lowest BCUT2D eigenvalue weighted by Crippen LogP contribution is -2.25. The second-order valence-electron chi connectivity index (χ2n) is 6.32. The van der Waals surface area contributed by atoms with Crippen LogP contribution in [0.4, 0.5) is 0 Å². The van der Waals surface area contributed by atoms with Crippen molar-refractivity contribution in [1.82, 2.24) is 20.1 Å². The number of aryl methyl sites for hydroxylation is 3. The summed E-state index contributed by atoms with van der Waals surface area (Å²) in [4.78, 5) is 12.5. The molecule has 1 amide bonds. The minimum absolute atomic E-state index is 0.102. The molecule has 6 heteroatoms. The molecule has 1 aromatic carbocycles. The molecular weight excluding hydrogens is 304 g/mol. The highest BCUT2D eigenvalue weighted by molar-refractivity contribution is 5.94. The molecule has 0 aliphatic carbocycles. The molecule has 0 spiro atoms. The van der Waals surface area contributed by atoms with Gasteiger partial charge in [-0.15, -0.1) is 10.2 Å². The minimum Gasteiger partial charge on any atom is -0.496 e. The maximum absolute atomic E-state index is 12.5. The van der Waals surface area contributed by atoms with Crippen LogP contribution in [0, 0.1) is 13.8 Å². The Hall–Kier alpha value is -2.37. The first-order chi connectivity index (χ1) is 11.6. The number of nitrogens with one attached hydrogen (secondary N) is 1. The van der Waals surface area contributed by atoms with E-state index < -0.39 is 0 Å². The first-order valence-corrected chi connectivity index (χ1v) is 8.44. The van der Waals surface area contributed by atoms with Gasteiger partial charge in [0.2, 0.25) is 0 Å². The Morgan fingerprint density at radius 3 is 2.67 bits per heavy atom. The zero-order chi connectivity index (χ0) is 17.1. The molecule has 2 heterocycles. The normalized spacial score (nSPS) is 14.0. The first-order valence-electron chi connectivity index (χ1n) is 8.44. The van der Waals surface area contributed by atoms with Crippen molar-refractivity contribution in [3.05, 3.63) is 40.5 Å². The van der Waals surface area contributed by atoms with Crippen molar-refractivity contribution in [3.63, 3.8) is 0 Å². The third-order valence-corrected chi connectivity index (χ3v) is 4.52. The summed E-state index contributed by atoms with van der Waals surface area (Å²) in [6, 6.07) is 3.71. The number of hydrogen-bond donors (Lipinski definition) is 1. The Morgan fingerprint density at radius 2 is 1.96 bits per heavy atom. The van der Waals surface area contributed by atoms with E-state index in [1.54, 1.807) is 7.11 Å². The van der Waals surface area contributed by atoms with Gasteiger partial charge >= 0.3 is 0 Å². The summed E-state index contributed by atoms with van der Waals surface area (Å²) in [5, 5.41) is 11.5. The number of methoxy groups -OCH3 is 1.